The molecule has 1 unspecified atom stereocenters. The van der Waals surface area contributed by atoms with Crippen molar-refractivity contribution >= 4 is 16.7 Å². The molecule has 1 aromatic rings. The number of nitriles is 1. The van der Waals surface area contributed by atoms with Gasteiger partial charge in [-0.05, 0) is 0 Å². The molecule has 0 aliphatic carbocycles. The summed E-state index contributed by atoms with van der Waals surface area (Å²) in [6, 6.07) is 2.12. The maximum Gasteiger partial charge on any atom is 0.205 e. The summed E-state index contributed by atoms with van der Waals surface area (Å²) in [6.45, 7) is 3.99. The fraction of sp³-hybridized carbons (Fsp3) is 0.667. The SMILES string of the molecule is CCc1nsc(N2CCOC(C#N)C2)n1. The number of morpholine rings is 1. The van der Waals surface area contributed by atoms with Crippen LogP contribution in [0.2, 0.25) is 0 Å². The van der Waals surface area contributed by atoms with E-state index in [0.717, 1.165) is 23.9 Å². The predicted octanol–water partition coefficient (Wildman–Crippen LogP) is 0.829. The molecule has 1 saturated heterocycles. The van der Waals surface area contributed by atoms with Gasteiger partial charge >= 0.3 is 0 Å². The van der Waals surface area contributed by atoms with Gasteiger partial charge in [-0.1, -0.05) is 6.92 Å². The average Bonchev–Trinajstić information content (AvgIpc) is 2.78. The largest absolute Gasteiger partial charge is 0.360 e. The highest BCUT2D eigenvalue weighted by Gasteiger charge is 2.22. The first-order valence-electron chi connectivity index (χ1n) is 4.92. The Morgan fingerprint density at radius 2 is 2.60 bits per heavy atom. The molecule has 1 atom stereocenters. The standard InChI is InChI=1S/C9H12N4OS/c1-2-8-11-9(15-12-8)13-3-4-14-7(5-10)6-13/h7H,2-4,6H2,1H3. The molecule has 0 bridgehead atoms. The molecule has 5 nitrogen and oxygen atoms in total. The van der Waals surface area contributed by atoms with E-state index < -0.39 is 0 Å². The number of hydrogen-bond acceptors (Lipinski definition) is 6. The minimum absolute atomic E-state index is 0.340. The Hall–Kier alpha value is -1.19. The number of nitrogens with zero attached hydrogens (tertiary/aromatic N) is 4. The molecule has 80 valence electrons. The molecule has 6 heteroatoms. The fourth-order valence-electron chi connectivity index (χ4n) is 1.42. The molecule has 2 rings (SSSR count). The third-order valence-electron chi connectivity index (χ3n) is 2.25. The number of rotatable bonds is 2. The molecule has 1 aliphatic rings. The van der Waals surface area contributed by atoms with E-state index in [1.54, 1.807) is 0 Å². The Morgan fingerprint density at radius 1 is 1.73 bits per heavy atom. The van der Waals surface area contributed by atoms with E-state index >= 15 is 0 Å². The number of aryl methyl sites for hydroxylation is 1. The van der Waals surface area contributed by atoms with Gasteiger partial charge in [0.1, 0.15) is 5.82 Å². The molecule has 0 saturated carbocycles. The zero-order valence-corrected chi connectivity index (χ0v) is 9.33. The first-order valence-corrected chi connectivity index (χ1v) is 5.69. The minimum Gasteiger partial charge on any atom is -0.360 e. The molecule has 0 aromatic carbocycles. The van der Waals surface area contributed by atoms with E-state index in [-0.39, 0.29) is 6.10 Å². The van der Waals surface area contributed by atoms with Crippen molar-refractivity contribution < 1.29 is 4.74 Å². The zero-order valence-electron chi connectivity index (χ0n) is 8.51. The van der Waals surface area contributed by atoms with Crippen molar-refractivity contribution in [1.29, 1.82) is 5.26 Å². The molecule has 1 fully saturated rings. The molecule has 0 N–H and O–H groups in total. The molecule has 1 aliphatic heterocycles. The topological polar surface area (TPSA) is 62.0 Å². The van der Waals surface area contributed by atoms with Crippen molar-refractivity contribution in [3.8, 4) is 6.07 Å². The van der Waals surface area contributed by atoms with Gasteiger partial charge < -0.3 is 9.64 Å². The molecule has 15 heavy (non-hydrogen) atoms. The summed E-state index contributed by atoms with van der Waals surface area (Å²) in [4.78, 5) is 6.45. The molecule has 1 aromatic heterocycles. The van der Waals surface area contributed by atoms with Gasteiger partial charge in [0.05, 0.1) is 19.2 Å². The number of aromatic nitrogens is 2. The van der Waals surface area contributed by atoms with E-state index in [1.165, 1.54) is 11.5 Å². The van der Waals surface area contributed by atoms with Crippen molar-refractivity contribution in [3.05, 3.63) is 5.82 Å². The second-order valence-corrected chi connectivity index (χ2v) is 4.01. The average molecular weight is 224 g/mol. The van der Waals surface area contributed by atoms with Crippen LogP contribution in [-0.2, 0) is 11.2 Å². The van der Waals surface area contributed by atoms with E-state index in [2.05, 4.69) is 20.3 Å². The maximum absolute atomic E-state index is 8.77. The Bertz CT molecular complexity index is 372. The first kappa shape index (κ1) is 10.3. The van der Waals surface area contributed by atoms with Crippen LogP contribution in [0.1, 0.15) is 12.7 Å². The van der Waals surface area contributed by atoms with Gasteiger partial charge in [0.2, 0.25) is 5.13 Å². The van der Waals surface area contributed by atoms with Crippen molar-refractivity contribution in [3.63, 3.8) is 0 Å². The Balaban J connectivity index is 2.07. The summed E-state index contributed by atoms with van der Waals surface area (Å²) >= 11 is 1.39. The number of hydrogen-bond donors (Lipinski definition) is 0. The van der Waals surface area contributed by atoms with Gasteiger partial charge in [-0.15, -0.1) is 0 Å². The first-order chi connectivity index (χ1) is 7.33. The second kappa shape index (κ2) is 4.55. The van der Waals surface area contributed by atoms with Crippen LogP contribution in [0.4, 0.5) is 5.13 Å². The molecule has 0 amide bonds. The number of ether oxygens (including phenoxy) is 1. The van der Waals surface area contributed by atoms with Gasteiger partial charge in [-0.25, -0.2) is 4.98 Å². The summed E-state index contributed by atoms with van der Waals surface area (Å²) in [6.07, 6.45) is 0.510. The van der Waals surface area contributed by atoms with Crippen LogP contribution < -0.4 is 4.90 Å². The second-order valence-electron chi connectivity index (χ2n) is 3.28. The van der Waals surface area contributed by atoms with Gasteiger partial charge in [-0.2, -0.15) is 9.64 Å². The highest BCUT2D eigenvalue weighted by molar-refractivity contribution is 7.09. The van der Waals surface area contributed by atoms with E-state index in [9.17, 15) is 0 Å². The third kappa shape index (κ3) is 2.25. The minimum atomic E-state index is -0.340. The normalized spacial score (nSPS) is 21.3. The van der Waals surface area contributed by atoms with Gasteiger partial charge in [-0.3, -0.25) is 0 Å². The van der Waals surface area contributed by atoms with Crippen LogP contribution in [0, 0.1) is 11.3 Å². The quantitative estimate of drug-likeness (QED) is 0.744. The van der Waals surface area contributed by atoms with Crippen molar-refractivity contribution in [1.82, 2.24) is 9.36 Å². The number of anilines is 1. The Labute approximate surface area is 92.5 Å². The van der Waals surface area contributed by atoms with Gasteiger partial charge in [0.15, 0.2) is 6.10 Å². The highest BCUT2D eigenvalue weighted by Crippen LogP contribution is 2.19. The van der Waals surface area contributed by atoms with Crippen molar-refractivity contribution in [2.45, 2.75) is 19.4 Å². The summed E-state index contributed by atoms with van der Waals surface area (Å²) < 4.78 is 9.49. The molecular formula is C9H12N4OS. The molecule has 0 radical (unpaired) electrons. The van der Waals surface area contributed by atoms with E-state index in [1.807, 2.05) is 6.92 Å². The molecule has 2 heterocycles. The Morgan fingerprint density at radius 3 is 3.27 bits per heavy atom. The predicted molar refractivity (Wildman–Crippen MR) is 56.9 cm³/mol. The van der Waals surface area contributed by atoms with Gasteiger partial charge in [0, 0.05) is 24.5 Å². The summed E-state index contributed by atoms with van der Waals surface area (Å²) in [7, 11) is 0. The monoisotopic (exact) mass is 224 g/mol. The smallest absolute Gasteiger partial charge is 0.205 e. The molecule has 0 spiro atoms. The van der Waals surface area contributed by atoms with Crippen LogP contribution in [0.3, 0.4) is 0 Å². The lowest BCUT2D eigenvalue weighted by atomic mass is 10.3. The van der Waals surface area contributed by atoms with Crippen LogP contribution in [-0.4, -0.2) is 35.2 Å². The highest BCUT2D eigenvalue weighted by atomic mass is 32.1. The van der Waals surface area contributed by atoms with E-state index in [0.29, 0.717) is 13.2 Å². The maximum atomic E-state index is 8.77. The lowest BCUT2D eigenvalue weighted by Crippen LogP contribution is -2.41. The Kier molecular flexibility index (Phi) is 3.14. The lowest BCUT2D eigenvalue weighted by molar-refractivity contribution is 0.0764. The van der Waals surface area contributed by atoms with Crippen molar-refractivity contribution in [2.24, 2.45) is 0 Å². The van der Waals surface area contributed by atoms with Crippen molar-refractivity contribution in [2.75, 3.05) is 24.6 Å². The van der Waals surface area contributed by atoms with E-state index in [4.69, 9.17) is 10.00 Å². The lowest BCUT2D eigenvalue weighted by Gasteiger charge is -2.28. The summed E-state index contributed by atoms with van der Waals surface area (Å²) in [5.74, 6) is 0.870. The van der Waals surface area contributed by atoms with Crippen LogP contribution in [0.15, 0.2) is 0 Å². The summed E-state index contributed by atoms with van der Waals surface area (Å²) in [5, 5.41) is 9.67. The zero-order chi connectivity index (χ0) is 10.7. The van der Waals surface area contributed by atoms with Crippen LogP contribution in [0.5, 0.6) is 0 Å². The van der Waals surface area contributed by atoms with Gasteiger partial charge in [0.25, 0.3) is 0 Å². The van der Waals surface area contributed by atoms with Crippen LogP contribution in [0.25, 0.3) is 0 Å². The van der Waals surface area contributed by atoms with Crippen LogP contribution >= 0.6 is 11.5 Å². The fourth-order valence-corrected chi connectivity index (χ4v) is 2.20. The third-order valence-corrected chi connectivity index (χ3v) is 3.07. The summed E-state index contributed by atoms with van der Waals surface area (Å²) in [5.41, 5.74) is 0. The molecular weight excluding hydrogens is 212 g/mol.